The van der Waals surface area contributed by atoms with Crippen LogP contribution in [-0.4, -0.2) is 31.7 Å². The Hall–Kier alpha value is -1.70. The summed E-state index contributed by atoms with van der Waals surface area (Å²) in [6.07, 6.45) is 1.03. The molecule has 1 saturated heterocycles. The van der Waals surface area contributed by atoms with Gasteiger partial charge in [-0.1, -0.05) is 24.3 Å². The monoisotopic (exact) mass is 436 g/mol. The summed E-state index contributed by atoms with van der Waals surface area (Å²) in [7, 11) is -3.49. The van der Waals surface area contributed by atoms with Gasteiger partial charge in [0.05, 0.1) is 10.6 Å². The van der Waals surface area contributed by atoms with E-state index in [1.165, 1.54) is 4.31 Å². The van der Waals surface area contributed by atoms with Crippen LogP contribution < -0.4 is 5.32 Å². The van der Waals surface area contributed by atoms with Gasteiger partial charge in [-0.3, -0.25) is 4.79 Å². The van der Waals surface area contributed by atoms with Gasteiger partial charge in [-0.2, -0.15) is 4.31 Å². The second-order valence-corrected chi connectivity index (χ2v) is 9.26. The van der Waals surface area contributed by atoms with Crippen LogP contribution in [-0.2, 0) is 14.8 Å². The summed E-state index contributed by atoms with van der Waals surface area (Å²) in [5.41, 5.74) is 1.84. The second kappa shape index (κ2) is 7.90. The van der Waals surface area contributed by atoms with E-state index in [0.717, 1.165) is 15.7 Å². The lowest BCUT2D eigenvalue weighted by Gasteiger charge is -2.30. The van der Waals surface area contributed by atoms with E-state index in [-0.39, 0.29) is 11.8 Å². The van der Waals surface area contributed by atoms with Crippen LogP contribution in [0.5, 0.6) is 0 Å². The number of carbonyl (C=O) groups is 1. The fourth-order valence-corrected chi connectivity index (χ4v) is 5.14. The number of hydrogen-bond donors (Lipinski definition) is 1. The van der Waals surface area contributed by atoms with Gasteiger partial charge in [0.15, 0.2) is 0 Å². The highest BCUT2D eigenvalue weighted by Gasteiger charge is 2.32. The number of carbonyl (C=O) groups excluding carboxylic acids is 1. The molecular formula is C19H21BrN2O3S. The molecule has 1 heterocycles. The van der Waals surface area contributed by atoms with E-state index in [9.17, 15) is 13.2 Å². The average molecular weight is 437 g/mol. The van der Waals surface area contributed by atoms with Gasteiger partial charge in [-0.05, 0) is 65.5 Å². The Kier molecular flexibility index (Phi) is 5.79. The number of benzene rings is 2. The third kappa shape index (κ3) is 4.16. The van der Waals surface area contributed by atoms with E-state index < -0.39 is 10.0 Å². The zero-order chi connectivity index (χ0) is 18.7. The molecule has 7 heteroatoms. The zero-order valence-electron chi connectivity index (χ0n) is 14.5. The first-order valence-corrected chi connectivity index (χ1v) is 10.7. The van der Waals surface area contributed by atoms with Crippen LogP contribution in [0.4, 0.5) is 5.69 Å². The second-order valence-electron chi connectivity index (χ2n) is 6.46. The van der Waals surface area contributed by atoms with Gasteiger partial charge in [0, 0.05) is 23.5 Å². The smallest absolute Gasteiger partial charge is 0.243 e. The maximum atomic E-state index is 12.7. The van der Waals surface area contributed by atoms with Crippen LogP contribution in [0.15, 0.2) is 57.9 Å². The largest absolute Gasteiger partial charge is 0.325 e. The Bertz CT molecular complexity index is 892. The summed E-state index contributed by atoms with van der Waals surface area (Å²) in [4.78, 5) is 12.8. The highest BCUT2D eigenvalue weighted by atomic mass is 79.9. The molecule has 138 valence electrons. The number of piperidine rings is 1. The molecule has 5 nitrogen and oxygen atoms in total. The van der Waals surface area contributed by atoms with Crippen molar-refractivity contribution in [1.82, 2.24) is 4.31 Å². The van der Waals surface area contributed by atoms with Crippen LogP contribution in [0.1, 0.15) is 18.4 Å². The van der Waals surface area contributed by atoms with Crippen LogP contribution in [0.25, 0.3) is 0 Å². The summed E-state index contributed by atoms with van der Waals surface area (Å²) in [6, 6.07) is 14.2. The van der Waals surface area contributed by atoms with Gasteiger partial charge < -0.3 is 5.32 Å². The molecule has 0 aliphatic carbocycles. The molecule has 2 aromatic carbocycles. The minimum Gasteiger partial charge on any atom is -0.325 e. The fourth-order valence-electron chi connectivity index (χ4n) is 3.06. The van der Waals surface area contributed by atoms with Crippen molar-refractivity contribution in [2.24, 2.45) is 5.92 Å². The van der Waals surface area contributed by atoms with Gasteiger partial charge in [0.25, 0.3) is 0 Å². The standard InChI is InChI=1S/C19H21BrN2O3S/c1-14-7-8-18(17(20)13-14)21-19(23)15-9-11-22(12-10-15)26(24,25)16-5-3-2-4-6-16/h2-8,13,15H,9-12H2,1H3,(H,21,23). The molecule has 0 atom stereocenters. The number of halogens is 1. The summed E-state index contributed by atoms with van der Waals surface area (Å²) in [6.45, 7) is 2.69. The van der Waals surface area contributed by atoms with Crippen molar-refractivity contribution in [3.63, 3.8) is 0 Å². The molecule has 0 spiro atoms. The molecule has 1 aliphatic heterocycles. The van der Waals surface area contributed by atoms with Crippen LogP contribution in [0.3, 0.4) is 0 Å². The Morgan fingerprint density at radius 2 is 1.77 bits per heavy atom. The molecule has 0 saturated carbocycles. The Labute approximate surface area is 162 Å². The summed E-state index contributed by atoms with van der Waals surface area (Å²) < 4.78 is 27.6. The molecule has 0 unspecified atom stereocenters. The lowest BCUT2D eigenvalue weighted by molar-refractivity contribution is -0.120. The van der Waals surface area contributed by atoms with E-state index in [2.05, 4.69) is 21.2 Å². The van der Waals surface area contributed by atoms with Crippen molar-refractivity contribution >= 4 is 37.5 Å². The van der Waals surface area contributed by atoms with Crippen molar-refractivity contribution in [2.45, 2.75) is 24.7 Å². The molecular weight excluding hydrogens is 416 g/mol. The number of nitrogens with zero attached hydrogens (tertiary/aromatic N) is 1. The van der Waals surface area contributed by atoms with Crippen LogP contribution in [0, 0.1) is 12.8 Å². The molecule has 2 aromatic rings. The zero-order valence-corrected chi connectivity index (χ0v) is 16.9. The fraction of sp³-hybridized carbons (Fsp3) is 0.316. The first-order chi connectivity index (χ1) is 12.4. The summed E-state index contributed by atoms with van der Waals surface area (Å²) in [5, 5.41) is 2.94. The van der Waals surface area contributed by atoms with Crippen molar-refractivity contribution in [2.75, 3.05) is 18.4 Å². The first-order valence-electron chi connectivity index (χ1n) is 8.50. The number of hydrogen-bond acceptors (Lipinski definition) is 3. The molecule has 1 amide bonds. The Morgan fingerprint density at radius 3 is 2.38 bits per heavy atom. The molecule has 0 bridgehead atoms. The molecule has 26 heavy (non-hydrogen) atoms. The number of aryl methyl sites for hydroxylation is 1. The normalized spacial score (nSPS) is 16.4. The van der Waals surface area contributed by atoms with Crippen LogP contribution in [0.2, 0.25) is 0 Å². The SMILES string of the molecule is Cc1ccc(NC(=O)C2CCN(S(=O)(=O)c3ccccc3)CC2)c(Br)c1. The average Bonchev–Trinajstić information content (AvgIpc) is 2.65. The highest BCUT2D eigenvalue weighted by molar-refractivity contribution is 9.10. The van der Waals surface area contributed by atoms with Crippen molar-refractivity contribution < 1.29 is 13.2 Å². The van der Waals surface area contributed by atoms with E-state index >= 15 is 0 Å². The van der Waals surface area contributed by atoms with Gasteiger partial charge in [0.1, 0.15) is 0 Å². The van der Waals surface area contributed by atoms with E-state index in [0.29, 0.717) is 30.8 Å². The Balaban J connectivity index is 1.62. The lowest BCUT2D eigenvalue weighted by atomic mass is 9.97. The third-order valence-corrected chi connectivity index (χ3v) is 7.16. The van der Waals surface area contributed by atoms with E-state index in [1.807, 2.05) is 25.1 Å². The summed E-state index contributed by atoms with van der Waals surface area (Å²) >= 11 is 3.46. The summed E-state index contributed by atoms with van der Waals surface area (Å²) in [5.74, 6) is -0.253. The predicted octanol–water partition coefficient (Wildman–Crippen LogP) is 3.80. The van der Waals surface area contributed by atoms with Gasteiger partial charge in [-0.15, -0.1) is 0 Å². The van der Waals surface area contributed by atoms with E-state index in [1.54, 1.807) is 30.3 Å². The lowest BCUT2D eigenvalue weighted by Crippen LogP contribution is -2.41. The van der Waals surface area contributed by atoms with Crippen molar-refractivity contribution in [1.29, 1.82) is 0 Å². The molecule has 1 aliphatic rings. The molecule has 0 aromatic heterocycles. The number of amides is 1. The molecule has 1 N–H and O–H groups in total. The number of rotatable bonds is 4. The highest BCUT2D eigenvalue weighted by Crippen LogP contribution is 2.27. The maximum Gasteiger partial charge on any atom is 0.243 e. The Morgan fingerprint density at radius 1 is 1.12 bits per heavy atom. The number of nitrogens with one attached hydrogen (secondary N) is 1. The van der Waals surface area contributed by atoms with Gasteiger partial charge >= 0.3 is 0 Å². The maximum absolute atomic E-state index is 12.7. The molecule has 0 radical (unpaired) electrons. The number of anilines is 1. The third-order valence-electron chi connectivity index (χ3n) is 4.59. The van der Waals surface area contributed by atoms with Gasteiger partial charge in [-0.25, -0.2) is 8.42 Å². The van der Waals surface area contributed by atoms with Gasteiger partial charge in [0.2, 0.25) is 15.9 Å². The number of sulfonamides is 1. The predicted molar refractivity (Wildman–Crippen MR) is 105 cm³/mol. The minimum absolute atomic E-state index is 0.0636. The van der Waals surface area contributed by atoms with Crippen molar-refractivity contribution in [3.8, 4) is 0 Å². The minimum atomic E-state index is -3.49. The first kappa shape index (κ1) is 19.1. The van der Waals surface area contributed by atoms with E-state index in [4.69, 9.17) is 0 Å². The van der Waals surface area contributed by atoms with Crippen molar-refractivity contribution in [3.05, 3.63) is 58.6 Å². The topological polar surface area (TPSA) is 66.5 Å². The molecule has 1 fully saturated rings. The molecule has 3 rings (SSSR count). The quantitative estimate of drug-likeness (QED) is 0.792. The van der Waals surface area contributed by atoms with Crippen LogP contribution >= 0.6 is 15.9 Å².